The second-order valence-corrected chi connectivity index (χ2v) is 7.91. The smallest absolute Gasteiger partial charge is 0.271 e. The molecule has 3 N–H and O–H groups in total. The molecule has 1 fully saturated rings. The van der Waals surface area contributed by atoms with E-state index < -0.39 is 0 Å². The number of hydrogen-bond donors (Lipinski definition) is 3. The number of hydrogen-bond acceptors (Lipinski definition) is 3. The number of imidazole rings is 1. The Hall–Kier alpha value is -3.35. The van der Waals surface area contributed by atoms with Gasteiger partial charge in [0.05, 0.1) is 6.20 Å². The molecule has 0 spiro atoms. The average Bonchev–Trinajstić information content (AvgIpc) is 3.43. The van der Waals surface area contributed by atoms with Gasteiger partial charge in [-0.15, -0.1) is 0 Å². The molecule has 0 radical (unpaired) electrons. The topological polar surface area (TPSA) is 93.9 Å². The van der Waals surface area contributed by atoms with Crippen molar-refractivity contribution >= 4 is 11.8 Å². The van der Waals surface area contributed by atoms with Crippen LogP contribution in [0.4, 0.5) is 0 Å². The summed E-state index contributed by atoms with van der Waals surface area (Å²) in [6.07, 6.45) is 5.10. The Kier molecular flexibility index (Phi) is 5.70. The fraction of sp³-hybridized carbons (Fsp3) is 0.348. The Bertz CT molecular complexity index is 1020. The van der Waals surface area contributed by atoms with Gasteiger partial charge in [-0.2, -0.15) is 0 Å². The van der Waals surface area contributed by atoms with Crippen LogP contribution in [-0.4, -0.2) is 50.8 Å². The summed E-state index contributed by atoms with van der Waals surface area (Å²) in [5.41, 5.74) is 3.02. The number of H-pyrrole nitrogens is 2. The molecule has 4 rings (SSSR count). The zero-order valence-electron chi connectivity index (χ0n) is 17.3. The number of carbonyl (C=O) groups is 2. The van der Waals surface area contributed by atoms with Crippen LogP contribution < -0.4 is 5.32 Å². The van der Waals surface area contributed by atoms with Gasteiger partial charge in [0.1, 0.15) is 17.2 Å². The van der Waals surface area contributed by atoms with Gasteiger partial charge in [0.15, 0.2) is 0 Å². The maximum atomic E-state index is 12.9. The summed E-state index contributed by atoms with van der Waals surface area (Å²) in [7, 11) is 0. The summed E-state index contributed by atoms with van der Waals surface area (Å²) in [4.78, 5) is 37.5. The van der Waals surface area contributed by atoms with Crippen LogP contribution in [0, 0.1) is 12.8 Å². The molecule has 2 aromatic heterocycles. The lowest BCUT2D eigenvalue weighted by molar-refractivity contribution is 0.0658. The van der Waals surface area contributed by atoms with Crippen LogP contribution >= 0.6 is 0 Å². The van der Waals surface area contributed by atoms with E-state index >= 15 is 0 Å². The number of amides is 2. The van der Waals surface area contributed by atoms with E-state index in [2.05, 4.69) is 20.3 Å². The monoisotopic (exact) mass is 405 g/mol. The van der Waals surface area contributed by atoms with E-state index in [1.165, 1.54) is 0 Å². The molecule has 3 aromatic rings. The van der Waals surface area contributed by atoms with E-state index in [0.717, 1.165) is 29.8 Å². The minimum atomic E-state index is -0.0993. The number of aromatic amines is 2. The summed E-state index contributed by atoms with van der Waals surface area (Å²) in [6, 6.07) is 11.8. The molecular formula is C23H27N5O2. The largest absolute Gasteiger partial charge is 0.357 e. The first-order valence-electron chi connectivity index (χ1n) is 10.4. The molecule has 0 aliphatic carbocycles. The first kappa shape index (κ1) is 19.9. The van der Waals surface area contributed by atoms with Gasteiger partial charge < -0.3 is 20.2 Å². The predicted octanol–water partition coefficient (Wildman–Crippen LogP) is 3.38. The molecule has 3 heterocycles. The molecule has 1 aliphatic rings. The average molecular weight is 406 g/mol. The fourth-order valence-electron chi connectivity index (χ4n) is 4.11. The minimum Gasteiger partial charge on any atom is -0.357 e. The Balaban J connectivity index is 1.34. The molecule has 2 amide bonds. The summed E-state index contributed by atoms with van der Waals surface area (Å²) < 4.78 is 0. The van der Waals surface area contributed by atoms with E-state index in [0.29, 0.717) is 30.4 Å². The number of aryl methyl sites for hydroxylation is 1. The van der Waals surface area contributed by atoms with Crippen molar-refractivity contribution in [1.29, 1.82) is 0 Å². The Morgan fingerprint density at radius 3 is 2.57 bits per heavy atom. The van der Waals surface area contributed by atoms with E-state index in [1.807, 2.05) is 55.1 Å². The minimum absolute atomic E-state index is 0.00960. The van der Waals surface area contributed by atoms with E-state index in [9.17, 15) is 9.59 Å². The number of benzene rings is 1. The zero-order valence-corrected chi connectivity index (χ0v) is 17.3. The van der Waals surface area contributed by atoms with Crippen molar-refractivity contribution in [3.05, 3.63) is 66.0 Å². The molecule has 1 atom stereocenters. The Morgan fingerprint density at radius 2 is 1.90 bits per heavy atom. The highest BCUT2D eigenvalue weighted by Gasteiger charge is 2.29. The number of piperidine rings is 1. The SMILES string of the molecule is Cc1ncc(C(=O)N2CCC([C@H](C)NC(=O)c3[nH]ccc3-c3ccccc3)CC2)[nH]1. The third kappa shape index (κ3) is 4.15. The summed E-state index contributed by atoms with van der Waals surface area (Å²) in [6.45, 7) is 5.24. The quantitative estimate of drug-likeness (QED) is 0.607. The summed E-state index contributed by atoms with van der Waals surface area (Å²) in [5, 5.41) is 3.15. The number of rotatable bonds is 5. The number of carbonyl (C=O) groups excluding carboxylic acids is 2. The van der Waals surface area contributed by atoms with Crippen LogP contribution in [0.5, 0.6) is 0 Å². The van der Waals surface area contributed by atoms with Crippen LogP contribution in [0.2, 0.25) is 0 Å². The molecule has 1 aromatic carbocycles. The number of nitrogens with one attached hydrogen (secondary N) is 3. The molecular weight excluding hydrogens is 378 g/mol. The second-order valence-electron chi connectivity index (χ2n) is 7.91. The Morgan fingerprint density at radius 1 is 1.17 bits per heavy atom. The molecule has 1 aliphatic heterocycles. The molecule has 7 nitrogen and oxygen atoms in total. The lowest BCUT2D eigenvalue weighted by Gasteiger charge is -2.35. The molecule has 30 heavy (non-hydrogen) atoms. The van der Waals surface area contributed by atoms with E-state index in [1.54, 1.807) is 12.4 Å². The van der Waals surface area contributed by atoms with Crippen molar-refractivity contribution in [1.82, 2.24) is 25.2 Å². The summed E-state index contributed by atoms with van der Waals surface area (Å²) in [5.74, 6) is 0.961. The van der Waals surface area contributed by atoms with Crippen LogP contribution in [-0.2, 0) is 0 Å². The molecule has 156 valence electrons. The maximum Gasteiger partial charge on any atom is 0.271 e. The van der Waals surface area contributed by atoms with Crippen LogP contribution in [0.1, 0.15) is 46.6 Å². The second kappa shape index (κ2) is 8.57. The van der Waals surface area contributed by atoms with E-state index in [4.69, 9.17) is 0 Å². The predicted molar refractivity (Wildman–Crippen MR) is 115 cm³/mol. The van der Waals surface area contributed by atoms with Crippen molar-refractivity contribution in [3.63, 3.8) is 0 Å². The molecule has 0 unspecified atom stereocenters. The molecule has 0 bridgehead atoms. The van der Waals surface area contributed by atoms with Crippen molar-refractivity contribution in [2.45, 2.75) is 32.7 Å². The first-order chi connectivity index (χ1) is 14.5. The van der Waals surface area contributed by atoms with Gasteiger partial charge in [0, 0.05) is 30.9 Å². The normalized spacial score (nSPS) is 15.7. The van der Waals surface area contributed by atoms with Crippen molar-refractivity contribution in [2.75, 3.05) is 13.1 Å². The van der Waals surface area contributed by atoms with Crippen molar-refractivity contribution in [2.24, 2.45) is 5.92 Å². The highest BCUT2D eigenvalue weighted by Crippen LogP contribution is 2.25. The zero-order chi connectivity index (χ0) is 21.1. The number of likely N-dealkylation sites (tertiary alicyclic amines) is 1. The van der Waals surface area contributed by atoms with Crippen LogP contribution in [0.15, 0.2) is 48.8 Å². The van der Waals surface area contributed by atoms with E-state index in [-0.39, 0.29) is 17.9 Å². The number of aromatic nitrogens is 3. The van der Waals surface area contributed by atoms with Gasteiger partial charge in [0.25, 0.3) is 11.8 Å². The van der Waals surface area contributed by atoms with Crippen molar-refractivity contribution in [3.8, 4) is 11.1 Å². The van der Waals surface area contributed by atoms with Gasteiger partial charge in [0.2, 0.25) is 0 Å². The highest BCUT2D eigenvalue weighted by atomic mass is 16.2. The first-order valence-corrected chi connectivity index (χ1v) is 10.4. The summed E-state index contributed by atoms with van der Waals surface area (Å²) >= 11 is 0. The van der Waals surface area contributed by atoms with Gasteiger partial charge >= 0.3 is 0 Å². The van der Waals surface area contributed by atoms with Crippen molar-refractivity contribution < 1.29 is 9.59 Å². The highest BCUT2D eigenvalue weighted by molar-refractivity contribution is 5.99. The lowest BCUT2D eigenvalue weighted by Crippen LogP contribution is -2.45. The third-order valence-electron chi connectivity index (χ3n) is 5.88. The standard InChI is InChI=1S/C23H27N5O2/c1-15(17-9-12-28(13-10-17)23(30)20-14-25-16(2)27-20)26-22(29)21-19(8-11-24-21)18-6-4-3-5-7-18/h3-8,11,14-15,17,24H,9-10,12-13H2,1-2H3,(H,25,27)(H,26,29)/t15-/m0/s1. The van der Waals surface area contributed by atoms with Gasteiger partial charge in [-0.05, 0) is 44.2 Å². The number of nitrogens with zero attached hydrogens (tertiary/aromatic N) is 2. The Labute approximate surface area is 175 Å². The molecule has 0 saturated carbocycles. The molecule has 1 saturated heterocycles. The fourth-order valence-corrected chi connectivity index (χ4v) is 4.11. The van der Waals surface area contributed by atoms with Crippen LogP contribution in [0.25, 0.3) is 11.1 Å². The van der Waals surface area contributed by atoms with Gasteiger partial charge in [-0.25, -0.2) is 4.98 Å². The van der Waals surface area contributed by atoms with Gasteiger partial charge in [-0.1, -0.05) is 30.3 Å². The van der Waals surface area contributed by atoms with Gasteiger partial charge in [-0.3, -0.25) is 9.59 Å². The maximum absolute atomic E-state index is 12.9. The third-order valence-corrected chi connectivity index (χ3v) is 5.88. The lowest BCUT2D eigenvalue weighted by atomic mass is 9.90. The molecule has 7 heteroatoms. The van der Waals surface area contributed by atoms with Crippen LogP contribution in [0.3, 0.4) is 0 Å².